The Kier molecular flexibility index (Phi) is 4.40. The molecule has 0 bridgehead atoms. The summed E-state index contributed by atoms with van der Waals surface area (Å²) in [6.45, 7) is 9.31. The number of nitrogens with zero attached hydrogens (tertiary/aromatic N) is 1. The number of benzene rings is 1. The molecule has 3 heteroatoms. The second kappa shape index (κ2) is 6.06. The van der Waals surface area contributed by atoms with Gasteiger partial charge >= 0.3 is 0 Å². The summed E-state index contributed by atoms with van der Waals surface area (Å²) in [5.41, 5.74) is 2.48. The topological polar surface area (TPSA) is 34.1 Å². The molecule has 1 heterocycles. The molecule has 0 aliphatic heterocycles. The molecule has 1 aromatic heterocycles. The standard InChI is InChI=1S/C17H22N2O/c1-13-5-7-15(8-6-13)20-16-11-14(9-10-18-16)12-19-17(2,3)4/h5-11,19H,12H2,1-4H3. The van der Waals surface area contributed by atoms with Gasteiger partial charge in [0.05, 0.1) is 0 Å². The first-order chi connectivity index (χ1) is 9.42. The maximum atomic E-state index is 5.77. The van der Waals surface area contributed by atoms with Gasteiger partial charge in [0.2, 0.25) is 5.88 Å². The number of pyridine rings is 1. The third kappa shape index (κ3) is 4.67. The van der Waals surface area contributed by atoms with E-state index in [1.165, 1.54) is 5.56 Å². The van der Waals surface area contributed by atoms with Crippen molar-refractivity contribution in [2.75, 3.05) is 0 Å². The molecule has 0 spiro atoms. The van der Waals surface area contributed by atoms with Gasteiger partial charge in [-0.25, -0.2) is 4.98 Å². The van der Waals surface area contributed by atoms with Crippen molar-refractivity contribution in [2.45, 2.75) is 39.8 Å². The van der Waals surface area contributed by atoms with E-state index in [-0.39, 0.29) is 5.54 Å². The number of hydrogen-bond donors (Lipinski definition) is 1. The smallest absolute Gasteiger partial charge is 0.219 e. The Morgan fingerprint density at radius 3 is 2.45 bits per heavy atom. The second-order valence-electron chi connectivity index (χ2n) is 6.02. The first kappa shape index (κ1) is 14.5. The summed E-state index contributed by atoms with van der Waals surface area (Å²) in [6, 6.07) is 11.9. The molecule has 0 saturated carbocycles. The number of hydrogen-bond acceptors (Lipinski definition) is 3. The largest absolute Gasteiger partial charge is 0.439 e. The van der Waals surface area contributed by atoms with Crippen molar-refractivity contribution in [1.29, 1.82) is 0 Å². The average molecular weight is 270 g/mol. The maximum absolute atomic E-state index is 5.77. The quantitative estimate of drug-likeness (QED) is 0.909. The van der Waals surface area contributed by atoms with E-state index in [0.29, 0.717) is 5.88 Å². The highest BCUT2D eigenvalue weighted by Crippen LogP contribution is 2.20. The summed E-state index contributed by atoms with van der Waals surface area (Å²) in [6.07, 6.45) is 1.78. The van der Waals surface area contributed by atoms with Crippen LogP contribution < -0.4 is 10.1 Å². The molecule has 0 amide bonds. The number of nitrogens with one attached hydrogen (secondary N) is 1. The minimum atomic E-state index is 0.0985. The Morgan fingerprint density at radius 2 is 1.80 bits per heavy atom. The van der Waals surface area contributed by atoms with Crippen molar-refractivity contribution < 1.29 is 4.74 Å². The number of aromatic nitrogens is 1. The number of ether oxygens (including phenoxy) is 1. The van der Waals surface area contributed by atoms with E-state index in [0.717, 1.165) is 17.9 Å². The van der Waals surface area contributed by atoms with Crippen LogP contribution in [0.4, 0.5) is 0 Å². The zero-order chi connectivity index (χ0) is 14.6. The molecule has 0 atom stereocenters. The minimum absolute atomic E-state index is 0.0985. The van der Waals surface area contributed by atoms with Crippen molar-refractivity contribution in [3.63, 3.8) is 0 Å². The first-order valence-electron chi connectivity index (χ1n) is 6.87. The molecule has 0 unspecified atom stereocenters. The van der Waals surface area contributed by atoms with Crippen LogP contribution in [0.15, 0.2) is 42.6 Å². The van der Waals surface area contributed by atoms with Gasteiger partial charge in [0.25, 0.3) is 0 Å². The molecule has 0 radical (unpaired) electrons. The van der Waals surface area contributed by atoms with Gasteiger partial charge in [-0.1, -0.05) is 17.7 Å². The Bertz CT molecular complexity index is 556. The first-order valence-corrected chi connectivity index (χ1v) is 6.87. The summed E-state index contributed by atoms with van der Waals surface area (Å²) < 4.78 is 5.77. The lowest BCUT2D eigenvalue weighted by molar-refractivity contribution is 0.422. The number of rotatable bonds is 4. The van der Waals surface area contributed by atoms with E-state index < -0.39 is 0 Å². The third-order valence-corrected chi connectivity index (χ3v) is 2.87. The third-order valence-electron chi connectivity index (χ3n) is 2.87. The van der Waals surface area contributed by atoms with Crippen LogP contribution in [0.5, 0.6) is 11.6 Å². The summed E-state index contributed by atoms with van der Waals surface area (Å²) in [4.78, 5) is 4.25. The molecule has 1 N–H and O–H groups in total. The van der Waals surface area contributed by atoms with Crippen LogP contribution in [0.3, 0.4) is 0 Å². The lowest BCUT2D eigenvalue weighted by atomic mass is 10.1. The van der Waals surface area contributed by atoms with Crippen LogP contribution in [0.25, 0.3) is 0 Å². The Labute approximate surface area is 121 Å². The highest BCUT2D eigenvalue weighted by Gasteiger charge is 2.09. The van der Waals surface area contributed by atoms with Gasteiger partial charge in [-0.15, -0.1) is 0 Å². The van der Waals surface area contributed by atoms with Gasteiger partial charge in [0, 0.05) is 24.3 Å². The van der Waals surface area contributed by atoms with E-state index in [1.807, 2.05) is 36.4 Å². The molecule has 0 aliphatic carbocycles. The molecule has 1 aromatic carbocycles. The van der Waals surface area contributed by atoms with Crippen molar-refractivity contribution in [1.82, 2.24) is 10.3 Å². The summed E-state index contributed by atoms with van der Waals surface area (Å²) in [5, 5.41) is 3.45. The van der Waals surface area contributed by atoms with E-state index >= 15 is 0 Å². The summed E-state index contributed by atoms with van der Waals surface area (Å²) in [7, 11) is 0. The van der Waals surface area contributed by atoms with E-state index in [2.05, 4.69) is 38.0 Å². The molecular formula is C17H22N2O. The van der Waals surface area contributed by atoms with Gasteiger partial charge in [-0.05, 0) is 51.5 Å². The minimum Gasteiger partial charge on any atom is -0.439 e. The van der Waals surface area contributed by atoms with Crippen LogP contribution in [0.1, 0.15) is 31.9 Å². The fourth-order valence-electron chi connectivity index (χ4n) is 1.71. The molecule has 0 saturated heterocycles. The Balaban J connectivity index is 2.04. The maximum Gasteiger partial charge on any atom is 0.219 e. The Morgan fingerprint density at radius 1 is 1.10 bits per heavy atom. The average Bonchev–Trinajstić information content (AvgIpc) is 2.39. The van der Waals surface area contributed by atoms with E-state index in [4.69, 9.17) is 4.74 Å². The summed E-state index contributed by atoms with van der Waals surface area (Å²) >= 11 is 0. The fraction of sp³-hybridized carbons (Fsp3) is 0.353. The van der Waals surface area contributed by atoms with Gasteiger partial charge in [0.15, 0.2) is 0 Å². The predicted molar refractivity (Wildman–Crippen MR) is 82.1 cm³/mol. The normalized spacial score (nSPS) is 11.4. The monoisotopic (exact) mass is 270 g/mol. The van der Waals surface area contributed by atoms with Crippen molar-refractivity contribution in [2.24, 2.45) is 0 Å². The van der Waals surface area contributed by atoms with Crippen LogP contribution in [-0.2, 0) is 6.54 Å². The van der Waals surface area contributed by atoms with Crippen molar-refractivity contribution in [3.8, 4) is 11.6 Å². The lowest BCUT2D eigenvalue weighted by Gasteiger charge is -2.20. The molecular weight excluding hydrogens is 248 g/mol. The van der Waals surface area contributed by atoms with Gasteiger partial charge in [-0.3, -0.25) is 0 Å². The Hall–Kier alpha value is -1.87. The zero-order valence-corrected chi connectivity index (χ0v) is 12.6. The highest BCUT2D eigenvalue weighted by molar-refractivity contribution is 5.31. The predicted octanol–water partition coefficient (Wildman–Crippen LogP) is 4.07. The second-order valence-corrected chi connectivity index (χ2v) is 6.02. The fourth-order valence-corrected chi connectivity index (χ4v) is 1.71. The molecule has 2 aromatic rings. The van der Waals surface area contributed by atoms with Gasteiger partial charge in [0.1, 0.15) is 5.75 Å². The highest BCUT2D eigenvalue weighted by atomic mass is 16.5. The molecule has 106 valence electrons. The molecule has 0 fully saturated rings. The zero-order valence-electron chi connectivity index (χ0n) is 12.6. The van der Waals surface area contributed by atoms with E-state index in [1.54, 1.807) is 6.20 Å². The molecule has 3 nitrogen and oxygen atoms in total. The van der Waals surface area contributed by atoms with Crippen molar-refractivity contribution in [3.05, 3.63) is 53.7 Å². The van der Waals surface area contributed by atoms with Crippen LogP contribution >= 0.6 is 0 Å². The molecule has 2 rings (SSSR count). The SMILES string of the molecule is Cc1ccc(Oc2cc(CNC(C)(C)C)ccn2)cc1. The van der Waals surface area contributed by atoms with Crippen LogP contribution in [0.2, 0.25) is 0 Å². The van der Waals surface area contributed by atoms with Crippen LogP contribution in [0, 0.1) is 6.92 Å². The van der Waals surface area contributed by atoms with Gasteiger partial charge < -0.3 is 10.1 Å². The van der Waals surface area contributed by atoms with Crippen molar-refractivity contribution >= 4 is 0 Å². The molecule has 0 aliphatic rings. The van der Waals surface area contributed by atoms with Crippen LogP contribution in [-0.4, -0.2) is 10.5 Å². The van der Waals surface area contributed by atoms with E-state index in [9.17, 15) is 0 Å². The summed E-state index contributed by atoms with van der Waals surface area (Å²) in [5.74, 6) is 1.44. The lowest BCUT2D eigenvalue weighted by Crippen LogP contribution is -2.35. The van der Waals surface area contributed by atoms with Gasteiger partial charge in [-0.2, -0.15) is 0 Å². The molecule has 20 heavy (non-hydrogen) atoms. The number of aryl methyl sites for hydroxylation is 1.